The lowest BCUT2D eigenvalue weighted by atomic mass is 10.0. The second kappa shape index (κ2) is 5.13. The van der Waals surface area contributed by atoms with Crippen LogP contribution in [0.15, 0.2) is 34.7 Å². The van der Waals surface area contributed by atoms with Crippen LogP contribution in [-0.2, 0) is 6.42 Å². The van der Waals surface area contributed by atoms with Crippen molar-refractivity contribution >= 4 is 23.2 Å². The van der Waals surface area contributed by atoms with Crippen molar-refractivity contribution in [3.63, 3.8) is 0 Å². The summed E-state index contributed by atoms with van der Waals surface area (Å²) >= 11 is 11.9. The fourth-order valence-corrected chi connectivity index (χ4v) is 2.15. The molecule has 0 bridgehead atoms. The summed E-state index contributed by atoms with van der Waals surface area (Å²) in [6.45, 7) is 2.00. The molecule has 90 valence electrons. The van der Waals surface area contributed by atoms with E-state index < -0.39 is 0 Å². The van der Waals surface area contributed by atoms with E-state index in [1.807, 2.05) is 25.1 Å². The number of halogens is 2. The van der Waals surface area contributed by atoms with Crippen LogP contribution in [0.5, 0.6) is 0 Å². The maximum atomic E-state index is 6.15. The number of nitrogens with two attached hydrogens (primary N) is 1. The number of rotatable bonds is 3. The lowest BCUT2D eigenvalue weighted by Crippen LogP contribution is -2.12. The maximum Gasteiger partial charge on any atom is 0.193 e. The summed E-state index contributed by atoms with van der Waals surface area (Å²) in [6.07, 6.45) is 0.628. The highest BCUT2D eigenvalue weighted by Gasteiger charge is 2.13. The van der Waals surface area contributed by atoms with E-state index in [-0.39, 0.29) is 6.04 Å². The summed E-state index contributed by atoms with van der Waals surface area (Å²) in [5, 5.41) is 1.09. The molecular weight excluding hydrogens is 257 g/mol. The minimum absolute atomic E-state index is 0.234. The highest BCUT2D eigenvalue weighted by atomic mass is 35.5. The summed E-state index contributed by atoms with van der Waals surface area (Å²) in [6, 6.07) is 9.18. The van der Waals surface area contributed by atoms with Crippen molar-refractivity contribution in [3.05, 3.63) is 57.5 Å². The molecule has 0 aliphatic rings. The zero-order chi connectivity index (χ0) is 12.4. The van der Waals surface area contributed by atoms with Gasteiger partial charge >= 0.3 is 0 Å². The van der Waals surface area contributed by atoms with Crippen molar-refractivity contribution in [3.8, 4) is 0 Å². The van der Waals surface area contributed by atoms with Gasteiger partial charge in [-0.1, -0.05) is 23.7 Å². The Labute approximate surface area is 110 Å². The largest absolute Gasteiger partial charge is 0.448 e. The standard InChI is InChI=1S/C13H13Cl2NO/c1-8-2-3-9(10(14)6-8)7-11(16)12-4-5-13(15)17-12/h2-6,11H,7,16H2,1H3. The molecule has 1 unspecified atom stereocenters. The van der Waals surface area contributed by atoms with E-state index in [4.69, 9.17) is 33.4 Å². The molecule has 0 saturated heterocycles. The van der Waals surface area contributed by atoms with Crippen LogP contribution in [0.4, 0.5) is 0 Å². The third-order valence-electron chi connectivity index (χ3n) is 2.61. The van der Waals surface area contributed by atoms with E-state index in [0.29, 0.717) is 17.4 Å². The molecule has 2 N–H and O–H groups in total. The van der Waals surface area contributed by atoms with Crippen molar-refractivity contribution in [2.24, 2.45) is 5.73 Å². The fourth-order valence-electron chi connectivity index (χ4n) is 1.68. The van der Waals surface area contributed by atoms with Gasteiger partial charge in [-0.15, -0.1) is 0 Å². The van der Waals surface area contributed by atoms with Crippen LogP contribution in [0, 0.1) is 6.92 Å². The summed E-state index contributed by atoms with van der Waals surface area (Å²) in [4.78, 5) is 0. The summed E-state index contributed by atoms with van der Waals surface area (Å²) < 4.78 is 5.28. The molecule has 0 aliphatic heterocycles. The molecule has 1 aromatic carbocycles. The van der Waals surface area contributed by atoms with Gasteiger partial charge in [0.15, 0.2) is 5.22 Å². The van der Waals surface area contributed by atoms with Crippen LogP contribution in [0.3, 0.4) is 0 Å². The van der Waals surface area contributed by atoms with Gasteiger partial charge in [-0.2, -0.15) is 0 Å². The SMILES string of the molecule is Cc1ccc(CC(N)c2ccc(Cl)o2)c(Cl)c1. The van der Waals surface area contributed by atoms with Gasteiger partial charge in [0.05, 0.1) is 6.04 Å². The zero-order valence-electron chi connectivity index (χ0n) is 9.41. The molecule has 1 atom stereocenters. The fraction of sp³-hybridized carbons (Fsp3) is 0.231. The zero-order valence-corrected chi connectivity index (χ0v) is 10.9. The lowest BCUT2D eigenvalue weighted by molar-refractivity contribution is 0.466. The Balaban J connectivity index is 2.15. The quantitative estimate of drug-likeness (QED) is 0.910. The van der Waals surface area contributed by atoms with Crippen molar-refractivity contribution in [1.82, 2.24) is 0 Å². The molecule has 2 aromatic rings. The van der Waals surface area contributed by atoms with Gasteiger partial charge in [0.1, 0.15) is 5.76 Å². The van der Waals surface area contributed by atoms with Gasteiger partial charge in [0.2, 0.25) is 0 Å². The van der Waals surface area contributed by atoms with Crippen LogP contribution in [-0.4, -0.2) is 0 Å². The number of hydrogen-bond acceptors (Lipinski definition) is 2. The van der Waals surface area contributed by atoms with E-state index in [1.165, 1.54) is 0 Å². The summed E-state index contributed by atoms with van der Waals surface area (Å²) in [5.41, 5.74) is 8.18. The third kappa shape index (κ3) is 3.03. The summed E-state index contributed by atoms with van der Waals surface area (Å²) in [7, 11) is 0. The van der Waals surface area contributed by atoms with E-state index >= 15 is 0 Å². The molecule has 0 aliphatic carbocycles. The molecule has 2 nitrogen and oxygen atoms in total. The minimum Gasteiger partial charge on any atom is -0.448 e. The second-order valence-corrected chi connectivity index (χ2v) is 4.83. The van der Waals surface area contributed by atoms with Gasteiger partial charge in [0, 0.05) is 5.02 Å². The number of furan rings is 1. The number of hydrogen-bond donors (Lipinski definition) is 1. The normalized spacial score (nSPS) is 12.7. The van der Waals surface area contributed by atoms with Gasteiger partial charge in [-0.25, -0.2) is 0 Å². The molecular formula is C13H13Cl2NO. The first-order valence-corrected chi connectivity index (χ1v) is 6.07. The Hall–Kier alpha value is -0.960. The number of benzene rings is 1. The highest BCUT2D eigenvalue weighted by molar-refractivity contribution is 6.31. The Morgan fingerprint density at radius 3 is 2.59 bits per heavy atom. The predicted octanol–water partition coefficient (Wildman–Crippen LogP) is 4.14. The lowest BCUT2D eigenvalue weighted by Gasteiger charge is -2.10. The summed E-state index contributed by atoms with van der Waals surface area (Å²) in [5.74, 6) is 0.673. The molecule has 0 spiro atoms. The average Bonchev–Trinajstić information content (AvgIpc) is 2.69. The van der Waals surface area contributed by atoms with Crippen LogP contribution in [0.1, 0.15) is 22.9 Å². The first-order valence-electron chi connectivity index (χ1n) is 5.32. The van der Waals surface area contributed by atoms with Crippen LogP contribution >= 0.6 is 23.2 Å². The highest BCUT2D eigenvalue weighted by Crippen LogP contribution is 2.25. The average molecular weight is 270 g/mol. The molecule has 1 aromatic heterocycles. The van der Waals surface area contributed by atoms with Gasteiger partial charge in [-0.3, -0.25) is 0 Å². The Morgan fingerprint density at radius 1 is 1.24 bits per heavy atom. The van der Waals surface area contributed by atoms with Crippen molar-refractivity contribution in [1.29, 1.82) is 0 Å². The first kappa shape index (κ1) is 12.5. The van der Waals surface area contributed by atoms with Gasteiger partial charge in [0.25, 0.3) is 0 Å². The van der Waals surface area contributed by atoms with Crippen LogP contribution in [0.25, 0.3) is 0 Å². The molecule has 0 radical (unpaired) electrons. The Kier molecular flexibility index (Phi) is 3.77. The van der Waals surface area contributed by atoms with Gasteiger partial charge < -0.3 is 10.2 Å². The van der Waals surface area contributed by atoms with Crippen LogP contribution in [0.2, 0.25) is 10.2 Å². The Bertz CT molecular complexity index is 522. The molecule has 4 heteroatoms. The van der Waals surface area contributed by atoms with Gasteiger partial charge in [-0.05, 0) is 54.3 Å². The van der Waals surface area contributed by atoms with Crippen molar-refractivity contribution in [2.45, 2.75) is 19.4 Å². The maximum absolute atomic E-state index is 6.15. The van der Waals surface area contributed by atoms with Crippen molar-refractivity contribution in [2.75, 3.05) is 0 Å². The van der Waals surface area contributed by atoms with E-state index in [2.05, 4.69) is 0 Å². The second-order valence-electron chi connectivity index (χ2n) is 4.05. The van der Waals surface area contributed by atoms with E-state index in [1.54, 1.807) is 12.1 Å². The van der Waals surface area contributed by atoms with Crippen LogP contribution < -0.4 is 5.73 Å². The van der Waals surface area contributed by atoms with E-state index in [9.17, 15) is 0 Å². The predicted molar refractivity (Wildman–Crippen MR) is 70.5 cm³/mol. The molecule has 2 rings (SSSR count). The number of aryl methyl sites for hydroxylation is 1. The molecule has 1 heterocycles. The monoisotopic (exact) mass is 269 g/mol. The topological polar surface area (TPSA) is 39.2 Å². The minimum atomic E-state index is -0.234. The molecule has 0 amide bonds. The third-order valence-corrected chi connectivity index (χ3v) is 3.16. The van der Waals surface area contributed by atoms with E-state index in [0.717, 1.165) is 16.1 Å². The molecule has 0 saturated carbocycles. The molecule has 0 fully saturated rings. The smallest absolute Gasteiger partial charge is 0.193 e. The molecule has 17 heavy (non-hydrogen) atoms. The first-order chi connectivity index (χ1) is 8.06. The van der Waals surface area contributed by atoms with Crippen molar-refractivity contribution < 1.29 is 4.42 Å². The Morgan fingerprint density at radius 2 is 2.00 bits per heavy atom.